The average molecular weight is 673 g/mol. The second kappa shape index (κ2) is 11.4. The summed E-state index contributed by atoms with van der Waals surface area (Å²) >= 11 is 0. The first-order valence-corrected chi connectivity index (χ1v) is 17.7. The molecule has 0 fully saturated rings. The summed E-state index contributed by atoms with van der Waals surface area (Å²) < 4.78 is 9.02. The standard InChI is InChI=1S/C46H36N6/c1-29-5-11-33(12-6-29)51-41-17-9-31(3)25-37(41)39-27-35(15-19-43(39)51)49-23-21-47-45(49)46-48-22-24-50(46)36-16-20-44-40(28-36)38-26-32(4)10-18-42(38)52(44)34-13-7-30(2)8-14-34/h5-28H,1-4H3. The van der Waals surface area contributed by atoms with Crippen molar-refractivity contribution in [3.8, 4) is 34.4 Å². The van der Waals surface area contributed by atoms with E-state index in [1.165, 1.54) is 65.9 Å². The first-order chi connectivity index (χ1) is 25.4. The van der Waals surface area contributed by atoms with Crippen LogP contribution >= 0.6 is 0 Å². The number of aromatic nitrogens is 6. The van der Waals surface area contributed by atoms with Gasteiger partial charge in [0, 0.05) is 69.1 Å². The summed E-state index contributed by atoms with van der Waals surface area (Å²) in [6.45, 7) is 8.57. The summed E-state index contributed by atoms with van der Waals surface area (Å²) in [6, 6.07) is 44.4. The molecule has 0 aliphatic heterocycles. The van der Waals surface area contributed by atoms with Crippen LogP contribution in [-0.4, -0.2) is 28.2 Å². The summed E-state index contributed by atoms with van der Waals surface area (Å²) in [7, 11) is 0. The molecule has 0 aliphatic rings. The predicted molar refractivity (Wildman–Crippen MR) is 214 cm³/mol. The second-order valence-corrected chi connectivity index (χ2v) is 14.0. The second-order valence-electron chi connectivity index (χ2n) is 14.0. The fraction of sp³-hybridized carbons (Fsp3) is 0.0870. The minimum Gasteiger partial charge on any atom is -0.309 e. The van der Waals surface area contributed by atoms with Crippen molar-refractivity contribution in [1.29, 1.82) is 0 Å². The average Bonchev–Trinajstić information content (AvgIpc) is 3.95. The van der Waals surface area contributed by atoms with E-state index < -0.39 is 0 Å². The third kappa shape index (κ3) is 4.64. The highest BCUT2D eigenvalue weighted by Gasteiger charge is 2.19. The van der Waals surface area contributed by atoms with Crippen LogP contribution in [0.2, 0.25) is 0 Å². The van der Waals surface area contributed by atoms with Gasteiger partial charge in [0.1, 0.15) is 0 Å². The van der Waals surface area contributed by atoms with E-state index in [0.717, 1.165) is 34.4 Å². The summed E-state index contributed by atoms with van der Waals surface area (Å²) in [5.74, 6) is 1.56. The number of rotatable bonds is 5. The highest BCUT2D eigenvalue weighted by atomic mass is 15.2. The number of fused-ring (bicyclic) bond motifs is 6. The number of hydrogen-bond acceptors (Lipinski definition) is 2. The van der Waals surface area contributed by atoms with Crippen molar-refractivity contribution in [1.82, 2.24) is 28.2 Å². The van der Waals surface area contributed by atoms with Crippen LogP contribution < -0.4 is 0 Å². The molecule has 0 saturated carbocycles. The number of benzene rings is 6. The molecular formula is C46H36N6. The quantitative estimate of drug-likeness (QED) is 0.183. The van der Waals surface area contributed by atoms with Crippen molar-refractivity contribution in [2.45, 2.75) is 27.7 Å². The first kappa shape index (κ1) is 30.2. The molecule has 6 aromatic carbocycles. The molecule has 0 bridgehead atoms. The van der Waals surface area contributed by atoms with E-state index in [2.05, 4.69) is 167 Å². The molecule has 0 saturated heterocycles. The van der Waals surface area contributed by atoms with Crippen LogP contribution in [0.4, 0.5) is 0 Å². The lowest BCUT2D eigenvalue weighted by atomic mass is 10.1. The molecule has 4 heterocycles. The Bertz CT molecular complexity index is 2780. The van der Waals surface area contributed by atoms with Crippen LogP contribution in [0.5, 0.6) is 0 Å². The number of imidazole rings is 2. The molecule has 0 amide bonds. The third-order valence-corrected chi connectivity index (χ3v) is 10.4. The Balaban J connectivity index is 1.11. The zero-order valence-corrected chi connectivity index (χ0v) is 29.5. The monoisotopic (exact) mass is 672 g/mol. The Labute approximate surface area is 301 Å². The van der Waals surface area contributed by atoms with E-state index in [-0.39, 0.29) is 0 Å². The van der Waals surface area contributed by atoms with Gasteiger partial charge in [-0.25, -0.2) is 9.97 Å². The van der Waals surface area contributed by atoms with Crippen molar-refractivity contribution < 1.29 is 0 Å². The van der Waals surface area contributed by atoms with E-state index in [1.54, 1.807) is 0 Å². The van der Waals surface area contributed by atoms with Gasteiger partial charge in [-0.2, -0.15) is 0 Å². The maximum Gasteiger partial charge on any atom is 0.181 e. The molecule has 6 nitrogen and oxygen atoms in total. The van der Waals surface area contributed by atoms with Crippen molar-refractivity contribution >= 4 is 43.6 Å². The topological polar surface area (TPSA) is 45.5 Å². The van der Waals surface area contributed by atoms with Gasteiger partial charge in [0.15, 0.2) is 11.6 Å². The van der Waals surface area contributed by atoms with Gasteiger partial charge in [-0.3, -0.25) is 9.13 Å². The zero-order chi connectivity index (χ0) is 35.1. The molecule has 0 radical (unpaired) electrons. The molecule has 52 heavy (non-hydrogen) atoms. The van der Waals surface area contributed by atoms with E-state index >= 15 is 0 Å². The predicted octanol–water partition coefficient (Wildman–Crippen LogP) is 11.2. The van der Waals surface area contributed by atoms with Crippen LogP contribution in [0, 0.1) is 27.7 Å². The fourth-order valence-electron chi connectivity index (χ4n) is 7.85. The largest absolute Gasteiger partial charge is 0.309 e. The van der Waals surface area contributed by atoms with Gasteiger partial charge in [0.05, 0.1) is 22.1 Å². The maximum atomic E-state index is 4.88. The highest BCUT2D eigenvalue weighted by Crippen LogP contribution is 2.37. The summed E-state index contributed by atoms with van der Waals surface area (Å²) in [5, 5.41) is 4.86. The Kier molecular flexibility index (Phi) is 6.64. The zero-order valence-electron chi connectivity index (χ0n) is 29.5. The van der Waals surface area contributed by atoms with E-state index in [0.29, 0.717) is 0 Å². The van der Waals surface area contributed by atoms with Crippen molar-refractivity contribution in [2.75, 3.05) is 0 Å². The van der Waals surface area contributed by atoms with E-state index in [1.807, 2.05) is 24.8 Å². The Morgan fingerprint density at radius 1 is 0.346 bits per heavy atom. The molecule has 10 rings (SSSR count). The van der Waals surface area contributed by atoms with Crippen molar-refractivity contribution in [3.05, 3.63) is 168 Å². The third-order valence-electron chi connectivity index (χ3n) is 10.4. The Morgan fingerprint density at radius 2 is 0.673 bits per heavy atom. The number of aryl methyl sites for hydroxylation is 4. The van der Waals surface area contributed by atoms with E-state index in [9.17, 15) is 0 Å². The molecule has 0 N–H and O–H groups in total. The Morgan fingerprint density at radius 3 is 1.08 bits per heavy atom. The minimum absolute atomic E-state index is 0.779. The minimum atomic E-state index is 0.779. The molecule has 250 valence electrons. The lowest BCUT2D eigenvalue weighted by Gasteiger charge is -2.12. The van der Waals surface area contributed by atoms with Crippen LogP contribution in [0.15, 0.2) is 146 Å². The number of nitrogens with zero attached hydrogens (tertiary/aromatic N) is 6. The van der Waals surface area contributed by atoms with Gasteiger partial charge in [0.25, 0.3) is 0 Å². The van der Waals surface area contributed by atoms with Gasteiger partial charge in [0.2, 0.25) is 0 Å². The van der Waals surface area contributed by atoms with Crippen LogP contribution in [0.25, 0.3) is 78.0 Å². The molecular weight excluding hydrogens is 637 g/mol. The molecule has 0 atom stereocenters. The van der Waals surface area contributed by atoms with Gasteiger partial charge in [-0.15, -0.1) is 0 Å². The molecule has 0 unspecified atom stereocenters. The summed E-state index contributed by atoms with van der Waals surface area (Å²) in [6.07, 6.45) is 7.78. The molecule has 0 aliphatic carbocycles. The van der Waals surface area contributed by atoms with Crippen LogP contribution in [0.1, 0.15) is 22.3 Å². The first-order valence-electron chi connectivity index (χ1n) is 17.7. The van der Waals surface area contributed by atoms with Gasteiger partial charge < -0.3 is 9.13 Å². The fourth-order valence-corrected chi connectivity index (χ4v) is 7.85. The number of hydrogen-bond donors (Lipinski definition) is 0. The summed E-state index contributed by atoms with van der Waals surface area (Å²) in [4.78, 5) is 9.77. The Hall–Kier alpha value is -6.66. The lowest BCUT2D eigenvalue weighted by molar-refractivity contribution is 0.989. The smallest absolute Gasteiger partial charge is 0.181 e. The van der Waals surface area contributed by atoms with Crippen LogP contribution in [-0.2, 0) is 0 Å². The van der Waals surface area contributed by atoms with Gasteiger partial charge in [-0.1, -0.05) is 58.7 Å². The highest BCUT2D eigenvalue weighted by molar-refractivity contribution is 6.11. The molecule has 6 heteroatoms. The lowest BCUT2D eigenvalue weighted by Crippen LogP contribution is -2.03. The van der Waals surface area contributed by atoms with Crippen molar-refractivity contribution in [2.24, 2.45) is 0 Å². The SMILES string of the molecule is Cc1ccc(-n2c3ccc(C)cc3c3cc(-n4ccnc4-c4nccn4-c4ccc5c(c4)c4cc(C)ccc4n5-c4ccc(C)cc4)ccc32)cc1. The van der Waals surface area contributed by atoms with E-state index in [4.69, 9.17) is 9.97 Å². The molecule has 10 aromatic rings. The van der Waals surface area contributed by atoms with Crippen molar-refractivity contribution in [3.63, 3.8) is 0 Å². The molecule has 0 spiro atoms. The van der Waals surface area contributed by atoms with Crippen LogP contribution in [0.3, 0.4) is 0 Å². The normalized spacial score (nSPS) is 11.8. The summed E-state index contributed by atoms with van der Waals surface area (Å²) in [5.41, 5.74) is 14.1. The molecule has 4 aromatic heterocycles. The van der Waals surface area contributed by atoms with Gasteiger partial charge in [-0.05, 0) is 113 Å². The maximum absolute atomic E-state index is 4.88. The van der Waals surface area contributed by atoms with Gasteiger partial charge >= 0.3 is 0 Å².